The molecular formula is C38H43N3O6S. The van der Waals surface area contributed by atoms with E-state index in [-0.39, 0.29) is 30.6 Å². The van der Waals surface area contributed by atoms with Gasteiger partial charge in [-0.2, -0.15) is 0 Å². The van der Waals surface area contributed by atoms with Crippen molar-refractivity contribution in [3.63, 3.8) is 0 Å². The summed E-state index contributed by atoms with van der Waals surface area (Å²) in [6.07, 6.45) is 5.64. The number of unbranched alkanes of at least 4 members (excludes halogenated alkanes) is 3. The van der Waals surface area contributed by atoms with Gasteiger partial charge in [0.1, 0.15) is 0 Å². The maximum Gasteiger partial charge on any atom is 0.243 e. The lowest BCUT2D eigenvalue weighted by Crippen LogP contribution is -2.31. The van der Waals surface area contributed by atoms with Crippen LogP contribution in [0.4, 0.5) is 0 Å². The van der Waals surface area contributed by atoms with Gasteiger partial charge in [-0.25, -0.2) is 10.5 Å². The lowest BCUT2D eigenvalue weighted by Gasteiger charge is -2.36. The highest BCUT2D eigenvalue weighted by Gasteiger charge is 2.32. The van der Waals surface area contributed by atoms with E-state index in [1.54, 1.807) is 23.4 Å². The number of hydrogen-bond donors (Lipinski definition) is 4. The summed E-state index contributed by atoms with van der Waals surface area (Å²) in [4.78, 5) is 27.9. The largest absolute Gasteiger partial charge is 0.392 e. The number of aliphatic hydroxyl groups excluding tert-OH is 1. The minimum Gasteiger partial charge on any atom is -0.392 e. The third-order valence-electron chi connectivity index (χ3n) is 8.29. The standard InChI is InChI=1S/C38H43N3O6S/c42-25-27-13-15-30(16-14-27)34-23-33(26-48-37-12-5-6-21-39-37)46-38(47-34)31-19-17-29(18-20-31)32-9-7-8-28(22-32)24-40-35(43)10-3-1-2-4-11-36(44)41-45/h5-9,12-22,33-34,38,42,45H,1-4,10-11,23-26H2,(H,40,43)(H,41,44)/t33-,34+,38+/m1/s1. The van der Waals surface area contributed by atoms with Crippen molar-refractivity contribution in [2.45, 2.75) is 81.6 Å². The number of benzene rings is 3. The number of thioether (sulfide) groups is 1. The first-order valence-corrected chi connectivity index (χ1v) is 17.4. The SMILES string of the molecule is O=C(CCCCCCC(=O)NCc1cccc(-c2ccc([C@H]3O[C@@H](CSc4ccccn4)C[C@@H](c4ccc(CO)cc4)O3)cc2)c1)NO. The Morgan fingerprint density at radius 1 is 0.792 bits per heavy atom. The van der Waals surface area contributed by atoms with Gasteiger partial charge in [0.15, 0.2) is 6.29 Å². The van der Waals surface area contributed by atoms with Crippen LogP contribution in [-0.4, -0.2) is 39.0 Å². The lowest BCUT2D eigenvalue weighted by molar-refractivity contribution is -0.245. The zero-order valence-corrected chi connectivity index (χ0v) is 27.7. The molecular weight excluding hydrogens is 627 g/mol. The summed E-state index contributed by atoms with van der Waals surface area (Å²) in [5.41, 5.74) is 7.61. The van der Waals surface area contributed by atoms with Gasteiger partial charge in [-0.15, -0.1) is 11.8 Å². The van der Waals surface area contributed by atoms with E-state index in [0.717, 1.165) is 63.4 Å². The van der Waals surface area contributed by atoms with Gasteiger partial charge in [-0.05, 0) is 58.9 Å². The number of amides is 2. The van der Waals surface area contributed by atoms with Crippen LogP contribution in [0.2, 0.25) is 0 Å². The molecule has 10 heteroatoms. The number of aromatic nitrogens is 1. The van der Waals surface area contributed by atoms with Gasteiger partial charge in [0.2, 0.25) is 11.8 Å². The highest BCUT2D eigenvalue weighted by molar-refractivity contribution is 7.99. The molecule has 3 atom stereocenters. The molecule has 0 saturated carbocycles. The molecule has 1 aliphatic heterocycles. The van der Waals surface area contributed by atoms with E-state index in [9.17, 15) is 14.7 Å². The van der Waals surface area contributed by atoms with Crippen molar-refractivity contribution < 1.29 is 29.4 Å². The minimum atomic E-state index is -0.536. The first-order valence-electron chi connectivity index (χ1n) is 16.4. The molecule has 48 heavy (non-hydrogen) atoms. The summed E-state index contributed by atoms with van der Waals surface area (Å²) in [5.74, 6) is 0.370. The predicted octanol–water partition coefficient (Wildman–Crippen LogP) is 7.04. The van der Waals surface area contributed by atoms with E-state index in [4.69, 9.17) is 14.7 Å². The third kappa shape index (κ3) is 10.7. The molecule has 0 radical (unpaired) electrons. The summed E-state index contributed by atoms with van der Waals surface area (Å²) in [7, 11) is 0. The monoisotopic (exact) mass is 669 g/mol. The highest BCUT2D eigenvalue weighted by Crippen LogP contribution is 2.39. The minimum absolute atomic E-state index is 0.00257. The summed E-state index contributed by atoms with van der Waals surface area (Å²) in [6.45, 7) is 0.451. The number of pyridine rings is 1. The molecule has 1 fully saturated rings. The normalized spacial score (nSPS) is 17.5. The van der Waals surface area contributed by atoms with Crippen LogP contribution in [0, 0.1) is 0 Å². The summed E-state index contributed by atoms with van der Waals surface area (Å²) < 4.78 is 13.0. The van der Waals surface area contributed by atoms with Crippen LogP contribution >= 0.6 is 11.8 Å². The van der Waals surface area contributed by atoms with Crippen molar-refractivity contribution in [1.29, 1.82) is 0 Å². The molecule has 4 aromatic rings. The van der Waals surface area contributed by atoms with Gasteiger partial charge in [0, 0.05) is 43.3 Å². The number of hydroxylamine groups is 1. The molecule has 9 nitrogen and oxygen atoms in total. The maximum absolute atomic E-state index is 12.4. The number of carbonyl (C=O) groups is 2. The van der Waals surface area contributed by atoms with Crippen LogP contribution in [0.1, 0.15) is 79.6 Å². The van der Waals surface area contributed by atoms with E-state index in [1.807, 2.05) is 66.7 Å². The second-order valence-corrected chi connectivity index (χ2v) is 12.9. The molecule has 1 aromatic heterocycles. The topological polar surface area (TPSA) is 130 Å². The molecule has 0 aliphatic carbocycles. The van der Waals surface area contributed by atoms with Crippen LogP contribution in [0.5, 0.6) is 0 Å². The number of aliphatic hydroxyl groups is 1. The van der Waals surface area contributed by atoms with Crippen LogP contribution in [0.15, 0.2) is 102 Å². The molecule has 1 aliphatic rings. The number of rotatable bonds is 16. The molecule has 4 N–H and O–H groups in total. The Bertz CT molecular complexity index is 1590. The van der Waals surface area contributed by atoms with E-state index in [1.165, 1.54) is 0 Å². The quantitative estimate of drug-likeness (QED) is 0.0433. The molecule has 0 bridgehead atoms. The first kappa shape index (κ1) is 35.3. The first-order chi connectivity index (χ1) is 23.5. The summed E-state index contributed by atoms with van der Waals surface area (Å²) in [6, 6.07) is 30.2. The number of carbonyl (C=O) groups excluding carboxylic acids is 2. The molecule has 2 amide bonds. The Morgan fingerprint density at radius 2 is 1.54 bits per heavy atom. The van der Waals surface area contributed by atoms with Gasteiger partial charge >= 0.3 is 0 Å². The number of nitrogens with zero attached hydrogens (tertiary/aromatic N) is 1. The van der Waals surface area contributed by atoms with Gasteiger partial charge in [-0.3, -0.25) is 14.8 Å². The average molecular weight is 670 g/mol. The summed E-state index contributed by atoms with van der Waals surface area (Å²) >= 11 is 1.67. The lowest BCUT2D eigenvalue weighted by atomic mass is 9.99. The van der Waals surface area contributed by atoms with Crippen molar-refractivity contribution in [2.75, 3.05) is 5.75 Å². The number of ether oxygens (including phenoxy) is 2. The predicted molar refractivity (Wildman–Crippen MR) is 185 cm³/mol. The average Bonchev–Trinajstić information content (AvgIpc) is 3.15. The molecule has 1 saturated heterocycles. The zero-order chi connectivity index (χ0) is 33.6. The van der Waals surface area contributed by atoms with Crippen molar-refractivity contribution >= 4 is 23.6 Å². The maximum atomic E-state index is 12.4. The highest BCUT2D eigenvalue weighted by atomic mass is 32.2. The molecule has 0 spiro atoms. The molecule has 252 valence electrons. The second-order valence-electron chi connectivity index (χ2n) is 11.9. The van der Waals surface area contributed by atoms with Gasteiger partial charge in [-0.1, -0.05) is 85.6 Å². The Morgan fingerprint density at radius 3 is 2.25 bits per heavy atom. The van der Waals surface area contributed by atoms with E-state index in [2.05, 4.69) is 34.6 Å². The van der Waals surface area contributed by atoms with Crippen LogP contribution < -0.4 is 10.8 Å². The molecule has 2 heterocycles. The Kier molecular flexibility index (Phi) is 13.6. The van der Waals surface area contributed by atoms with E-state index in [0.29, 0.717) is 32.2 Å². The Balaban J connectivity index is 1.18. The summed E-state index contributed by atoms with van der Waals surface area (Å²) in [5, 5.41) is 22.0. The fraction of sp³-hybridized carbons (Fsp3) is 0.342. The van der Waals surface area contributed by atoms with E-state index >= 15 is 0 Å². The molecule has 5 rings (SSSR count). The van der Waals surface area contributed by atoms with Crippen molar-refractivity contribution in [2.24, 2.45) is 0 Å². The fourth-order valence-electron chi connectivity index (χ4n) is 5.60. The third-order valence-corrected chi connectivity index (χ3v) is 9.36. The Hall–Kier alpha value is -4.06. The number of nitrogens with one attached hydrogen (secondary N) is 2. The second kappa shape index (κ2) is 18.5. The van der Waals surface area contributed by atoms with Crippen LogP contribution in [0.3, 0.4) is 0 Å². The molecule has 0 unspecified atom stereocenters. The smallest absolute Gasteiger partial charge is 0.243 e. The van der Waals surface area contributed by atoms with E-state index < -0.39 is 6.29 Å². The number of hydrogen-bond acceptors (Lipinski definition) is 8. The van der Waals surface area contributed by atoms with Crippen LogP contribution in [0.25, 0.3) is 11.1 Å². The van der Waals surface area contributed by atoms with Gasteiger partial charge < -0.3 is 19.9 Å². The molecule has 3 aromatic carbocycles. The fourth-order valence-corrected chi connectivity index (χ4v) is 6.48. The Labute approximate surface area is 286 Å². The van der Waals surface area contributed by atoms with Crippen molar-refractivity contribution in [3.05, 3.63) is 119 Å². The van der Waals surface area contributed by atoms with Gasteiger partial charge in [0.05, 0.1) is 23.8 Å². The van der Waals surface area contributed by atoms with Crippen LogP contribution in [-0.2, 0) is 32.2 Å². The van der Waals surface area contributed by atoms with Gasteiger partial charge in [0.25, 0.3) is 0 Å². The van der Waals surface area contributed by atoms with Crippen molar-refractivity contribution in [3.8, 4) is 11.1 Å². The van der Waals surface area contributed by atoms with Crippen molar-refractivity contribution in [1.82, 2.24) is 15.8 Å². The zero-order valence-electron chi connectivity index (χ0n) is 26.9.